The number of hydrogen-bond donors (Lipinski definition) is 3. The summed E-state index contributed by atoms with van der Waals surface area (Å²) in [5.74, 6) is -1.09. The highest BCUT2D eigenvalue weighted by Gasteiger charge is 2.29. The van der Waals surface area contributed by atoms with E-state index >= 15 is 0 Å². The van der Waals surface area contributed by atoms with Crippen LogP contribution in [0.5, 0.6) is 0 Å². The zero-order chi connectivity index (χ0) is 24.3. The number of likely N-dealkylation sites (tertiary alicyclic amines) is 1. The van der Waals surface area contributed by atoms with Crippen LogP contribution in [0, 0.1) is 5.82 Å². The molecule has 3 rings (SSSR count). The molecule has 1 aliphatic rings. The molecule has 2 heterocycles. The van der Waals surface area contributed by atoms with E-state index in [4.69, 9.17) is 22.1 Å². The van der Waals surface area contributed by atoms with Gasteiger partial charge in [0, 0.05) is 37.2 Å². The molecule has 2 aromatic rings. The van der Waals surface area contributed by atoms with E-state index in [1.807, 2.05) is 0 Å². The summed E-state index contributed by atoms with van der Waals surface area (Å²) in [7, 11) is 0. The van der Waals surface area contributed by atoms with Gasteiger partial charge < -0.3 is 30.6 Å². The van der Waals surface area contributed by atoms with Crippen molar-refractivity contribution in [1.82, 2.24) is 14.8 Å². The number of piperidine rings is 1. The molecule has 4 N–H and O–H groups in total. The molecule has 0 unspecified atom stereocenters. The number of amides is 4. The molecule has 0 aliphatic carbocycles. The highest BCUT2D eigenvalue weighted by molar-refractivity contribution is 6.30. The molecule has 178 valence electrons. The Kier molecular flexibility index (Phi) is 7.16. The molecule has 0 bridgehead atoms. The Hall–Kier alpha value is -3.27. The number of primary amides is 1. The summed E-state index contributed by atoms with van der Waals surface area (Å²) >= 11 is 5.74. The Bertz CT molecular complexity index is 1070. The third-order valence-electron chi connectivity index (χ3n) is 4.94. The van der Waals surface area contributed by atoms with Gasteiger partial charge in [-0.3, -0.25) is 4.79 Å². The lowest BCUT2D eigenvalue weighted by Crippen LogP contribution is -2.50. The van der Waals surface area contributed by atoms with E-state index in [1.165, 1.54) is 29.1 Å². The average Bonchev–Trinajstić information content (AvgIpc) is 3.12. The lowest BCUT2D eigenvalue weighted by molar-refractivity contribution is 0.0185. The third-order valence-corrected chi connectivity index (χ3v) is 5.25. The Morgan fingerprint density at radius 2 is 1.97 bits per heavy atom. The van der Waals surface area contributed by atoms with Crippen molar-refractivity contribution in [3.8, 4) is 5.69 Å². The molecule has 11 heteroatoms. The van der Waals surface area contributed by atoms with E-state index < -0.39 is 29.4 Å². The first-order valence-electron chi connectivity index (χ1n) is 10.5. The van der Waals surface area contributed by atoms with Gasteiger partial charge in [-0.1, -0.05) is 11.6 Å². The van der Waals surface area contributed by atoms with Crippen LogP contribution < -0.4 is 16.4 Å². The number of anilines is 1. The summed E-state index contributed by atoms with van der Waals surface area (Å²) in [5, 5.41) is 5.27. The summed E-state index contributed by atoms with van der Waals surface area (Å²) in [6.07, 6.45) is 3.84. The van der Waals surface area contributed by atoms with Gasteiger partial charge in [0.25, 0.3) is 5.91 Å². The highest BCUT2D eigenvalue weighted by Crippen LogP contribution is 2.24. The van der Waals surface area contributed by atoms with E-state index in [2.05, 4.69) is 10.6 Å². The van der Waals surface area contributed by atoms with Crippen molar-refractivity contribution in [3.05, 3.63) is 47.0 Å². The van der Waals surface area contributed by atoms with E-state index in [0.717, 1.165) is 0 Å². The quantitative estimate of drug-likeness (QED) is 0.616. The standard InChI is InChI=1S/C22H27ClFN5O4/c1-22(2,3)33-21(32)28-8-4-5-13(10-28)26-19(30)15-11-29(12-18(15)27-20(25)31)14-6-7-16(23)17(24)9-14/h6-7,9,11-13H,4-5,8,10H2,1-3H3,(H,26,30)(H3,25,27,31)/t13-/m0/s1. The van der Waals surface area contributed by atoms with Gasteiger partial charge in [-0.25, -0.2) is 14.0 Å². The van der Waals surface area contributed by atoms with E-state index in [0.29, 0.717) is 31.6 Å². The maximum absolute atomic E-state index is 13.9. The second kappa shape index (κ2) is 9.70. The number of ether oxygens (including phenoxy) is 1. The summed E-state index contributed by atoms with van der Waals surface area (Å²) in [5.41, 5.74) is 5.33. The van der Waals surface area contributed by atoms with Crippen LogP contribution in [0.15, 0.2) is 30.6 Å². The first kappa shape index (κ1) is 24.4. The molecule has 0 spiro atoms. The van der Waals surface area contributed by atoms with Crippen LogP contribution in [0.2, 0.25) is 5.02 Å². The molecule has 9 nitrogen and oxygen atoms in total. The summed E-state index contributed by atoms with van der Waals surface area (Å²) in [4.78, 5) is 38.4. The molecule has 4 amide bonds. The van der Waals surface area contributed by atoms with E-state index in [9.17, 15) is 18.8 Å². The number of nitrogens with zero attached hydrogens (tertiary/aromatic N) is 2. The average molecular weight is 480 g/mol. The van der Waals surface area contributed by atoms with Crippen molar-refractivity contribution in [2.75, 3.05) is 18.4 Å². The minimum Gasteiger partial charge on any atom is -0.444 e. The van der Waals surface area contributed by atoms with Gasteiger partial charge in [-0.05, 0) is 51.8 Å². The topological polar surface area (TPSA) is 119 Å². The van der Waals surface area contributed by atoms with Crippen molar-refractivity contribution in [1.29, 1.82) is 0 Å². The molecular formula is C22H27ClFN5O4. The monoisotopic (exact) mass is 479 g/mol. The minimum atomic E-state index is -0.849. The number of carbonyl (C=O) groups is 3. The third kappa shape index (κ3) is 6.38. The number of hydrogen-bond acceptors (Lipinski definition) is 4. The maximum atomic E-state index is 13.9. The van der Waals surface area contributed by atoms with Gasteiger partial charge in [-0.15, -0.1) is 0 Å². The highest BCUT2D eigenvalue weighted by atomic mass is 35.5. The molecule has 0 radical (unpaired) electrons. The van der Waals surface area contributed by atoms with Crippen LogP contribution in [-0.2, 0) is 4.74 Å². The number of urea groups is 1. The van der Waals surface area contributed by atoms with Gasteiger partial charge in [-0.2, -0.15) is 0 Å². The van der Waals surface area contributed by atoms with Gasteiger partial charge >= 0.3 is 12.1 Å². The van der Waals surface area contributed by atoms with Crippen molar-refractivity contribution >= 4 is 35.3 Å². The second-order valence-corrected chi connectivity index (χ2v) is 9.23. The Morgan fingerprint density at radius 3 is 2.61 bits per heavy atom. The number of rotatable bonds is 4. The largest absolute Gasteiger partial charge is 0.444 e. The predicted molar refractivity (Wildman–Crippen MR) is 122 cm³/mol. The summed E-state index contributed by atoms with van der Waals surface area (Å²) in [6, 6.07) is 3.01. The van der Waals surface area contributed by atoms with Crippen LogP contribution in [0.4, 0.5) is 19.7 Å². The number of benzene rings is 1. The number of halogens is 2. The second-order valence-electron chi connectivity index (χ2n) is 8.82. The molecule has 1 aromatic carbocycles. The van der Waals surface area contributed by atoms with Gasteiger partial charge in [0.1, 0.15) is 11.4 Å². The molecular weight excluding hydrogens is 453 g/mol. The van der Waals surface area contributed by atoms with Crippen molar-refractivity contribution in [3.63, 3.8) is 0 Å². The number of nitrogens with one attached hydrogen (secondary N) is 2. The Balaban J connectivity index is 1.78. The van der Waals surface area contributed by atoms with E-state index in [-0.39, 0.29) is 22.3 Å². The van der Waals surface area contributed by atoms with Crippen LogP contribution in [0.1, 0.15) is 44.0 Å². The lowest BCUT2D eigenvalue weighted by Gasteiger charge is -2.34. The van der Waals surface area contributed by atoms with Gasteiger partial charge in [0.15, 0.2) is 0 Å². The van der Waals surface area contributed by atoms with E-state index in [1.54, 1.807) is 31.7 Å². The van der Waals surface area contributed by atoms with Crippen molar-refractivity contribution in [2.45, 2.75) is 45.3 Å². The molecule has 1 aromatic heterocycles. The SMILES string of the molecule is CC(C)(C)OC(=O)N1CCC[C@H](NC(=O)c2cn(-c3ccc(Cl)c(F)c3)cc2NC(N)=O)C1. The molecule has 33 heavy (non-hydrogen) atoms. The van der Waals surface area contributed by atoms with Gasteiger partial charge in [0.2, 0.25) is 0 Å². The van der Waals surface area contributed by atoms with Crippen LogP contribution in [0.25, 0.3) is 5.69 Å². The lowest BCUT2D eigenvalue weighted by atomic mass is 10.1. The summed E-state index contributed by atoms with van der Waals surface area (Å²) in [6.45, 7) is 6.20. The zero-order valence-electron chi connectivity index (χ0n) is 18.7. The van der Waals surface area contributed by atoms with Gasteiger partial charge in [0.05, 0.1) is 16.3 Å². The smallest absolute Gasteiger partial charge is 0.410 e. The normalized spacial score (nSPS) is 16.3. The Labute approximate surface area is 196 Å². The first-order chi connectivity index (χ1) is 15.4. The first-order valence-corrected chi connectivity index (χ1v) is 10.8. The molecule has 1 atom stereocenters. The predicted octanol–water partition coefficient (Wildman–Crippen LogP) is 3.89. The molecule has 1 aliphatic heterocycles. The summed E-state index contributed by atoms with van der Waals surface area (Å²) < 4.78 is 20.8. The van der Waals surface area contributed by atoms with Crippen molar-refractivity contribution in [2.24, 2.45) is 5.73 Å². The molecule has 1 saturated heterocycles. The fourth-order valence-corrected chi connectivity index (χ4v) is 3.63. The zero-order valence-corrected chi connectivity index (χ0v) is 19.4. The van der Waals surface area contributed by atoms with Crippen LogP contribution >= 0.6 is 11.6 Å². The van der Waals surface area contributed by atoms with Crippen molar-refractivity contribution < 1.29 is 23.5 Å². The molecule has 1 fully saturated rings. The number of aromatic nitrogens is 1. The molecule has 0 saturated carbocycles. The minimum absolute atomic E-state index is 0.0359. The fraction of sp³-hybridized carbons (Fsp3) is 0.409. The van der Waals surface area contributed by atoms with Crippen LogP contribution in [0.3, 0.4) is 0 Å². The number of nitrogens with two attached hydrogens (primary N) is 1. The number of carbonyl (C=O) groups excluding carboxylic acids is 3. The fourth-order valence-electron chi connectivity index (χ4n) is 3.51. The Morgan fingerprint density at radius 1 is 1.24 bits per heavy atom. The van der Waals surface area contributed by atoms with Crippen LogP contribution in [-0.4, -0.2) is 52.2 Å². The maximum Gasteiger partial charge on any atom is 0.410 e.